The topological polar surface area (TPSA) is 214 Å². The van der Waals surface area contributed by atoms with E-state index in [9.17, 15) is 40.5 Å². The molecule has 2 aliphatic heterocycles. The van der Waals surface area contributed by atoms with Crippen LogP contribution in [0.4, 0.5) is 0 Å². The number of carbonyl (C=O) groups excluding carboxylic acids is 1. The van der Waals surface area contributed by atoms with E-state index in [0.717, 1.165) is 89.9 Å². The lowest BCUT2D eigenvalue weighted by Gasteiger charge is -2.42. The minimum Gasteiger partial charge on any atom is -0.457 e. The lowest BCUT2D eigenvalue weighted by atomic mass is 9.98. The standard InChI is InChI=1S/C61H104O14/c1-3-5-7-9-11-13-15-17-19-21-22-23-24-25-26-27-28-29-30-32-34-36-38-40-42-44-53(63)73-50(47-70-45-43-41-39-37-35-33-31-20-18-16-14-12-10-8-6-4-2)48-71-60-59(69)57(67)55(65)52(75-60)49-72-61-58(68)56(66)54(64)51(46-62)74-61/h6,8,12,14-15,17-18,20-22,24-25,33,35,50-52,54-62,64-69H,3-5,7,9-11,13,16,19,23,26-32,34,36-49H2,1-2H3/b8-6-,14-12-,17-15-,20-18-,22-21-,25-24-,35-33-. The Morgan fingerprint density at radius 3 is 1.36 bits per heavy atom. The molecule has 0 bridgehead atoms. The Morgan fingerprint density at radius 2 is 0.867 bits per heavy atom. The first-order valence-corrected chi connectivity index (χ1v) is 29.2. The van der Waals surface area contributed by atoms with E-state index in [4.69, 9.17) is 28.4 Å². The van der Waals surface area contributed by atoms with Crippen LogP contribution in [0.1, 0.15) is 194 Å². The highest BCUT2D eigenvalue weighted by molar-refractivity contribution is 5.69. The molecule has 75 heavy (non-hydrogen) atoms. The van der Waals surface area contributed by atoms with Gasteiger partial charge in [0.1, 0.15) is 54.9 Å². The first kappa shape index (κ1) is 68.3. The first-order valence-electron chi connectivity index (χ1n) is 29.2. The van der Waals surface area contributed by atoms with E-state index in [1.165, 1.54) is 77.0 Å². The second-order valence-corrected chi connectivity index (χ2v) is 20.1. The SMILES string of the molecule is CC/C=C\C/C=C\C/C=C\C/C=C\CCCCCOCC(COC1OC(COC2OC(CO)C(O)C(O)C2O)C(O)C(O)C1O)OC(=O)CCCCCCCCCCCC/C=C\C/C=C\C/C=C\CCCCCCC. The van der Waals surface area contributed by atoms with Gasteiger partial charge in [0, 0.05) is 13.0 Å². The number of aliphatic hydroxyl groups excluding tert-OH is 7. The van der Waals surface area contributed by atoms with Crippen molar-refractivity contribution in [2.75, 3.05) is 33.0 Å². The van der Waals surface area contributed by atoms with Crippen LogP contribution in [-0.2, 0) is 33.2 Å². The van der Waals surface area contributed by atoms with E-state index in [0.29, 0.717) is 13.0 Å². The molecule has 432 valence electrons. The van der Waals surface area contributed by atoms with Crippen LogP contribution in [0.5, 0.6) is 0 Å². The van der Waals surface area contributed by atoms with Gasteiger partial charge in [0.25, 0.3) is 0 Å². The van der Waals surface area contributed by atoms with Crippen molar-refractivity contribution < 1.29 is 69.0 Å². The maximum atomic E-state index is 13.1. The Morgan fingerprint density at radius 1 is 0.453 bits per heavy atom. The lowest BCUT2D eigenvalue weighted by molar-refractivity contribution is -0.332. The van der Waals surface area contributed by atoms with Crippen molar-refractivity contribution in [2.24, 2.45) is 0 Å². The lowest BCUT2D eigenvalue weighted by Crippen LogP contribution is -2.61. The largest absolute Gasteiger partial charge is 0.457 e. The molecule has 0 radical (unpaired) electrons. The third kappa shape index (κ3) is 33.9. The molecule has 2 aliphatic rings. The maximum Gasteiger partial charge on any atom is 0.306 e. The third-order valence-corrected chi connectivity index (χ3v) is 13.4. The Labute approximate surface area is 452 Å². The summed E-state index contributed by atoms with van der Waals surface area (Å²) in [6, 6.07) is 0. The molecule has 0 aromatic carbocycles. The summed E-state index contributed by atoms with van der Waals surface area (Å²) in [6.45, 7) is 3.47. The fourth-order valence-electron chi connectivity index (χ4n) is 8.69. The molecular weight excluding hydrogens is 957 g/mol. The summed E-state index contributed by atoms with van der Waals surface area (Å²) in [4.78, 5) is 13.1. The van der Waals surface area contributed by atoms with Crippen molar-refractivity contribution in [3.05, 3.63) is 85.1 Å². The van der Waals surface area contributed by atoms with Gasteiger partial charge in [-0.3, -0.25) is 4.79 Å². The van der Waals surface area contributed by atoms with Crippen LogP contribution >= 0.6 is 0 Å². The van der Waals surface area contributed by atoms with Gasteiger partial charge in [-0.1, -0.05) is 182 Å². The number of hydrogen-bond donors (Lipinski definition) is 7. The molecule has 0 aromatic rings. The molecule has 2 rings (SSSR count). The number of aliphatic hydroxyl groups is 7. The minimum atomic E-state index is -1.72. The van der Waals surface area contributed by atoms with Gasteiger partial charge in [-0.2, -0.15) is 0 Å². The van der Waals surface area contributed by atoms with Gasteiger partial charge in [-0.05, 0) is 89.9 Å². The average molecular weight is 1060 g/mol. The van der Waals surface area contributed by atoms with Crippen molar-refractivity contribution in [2.45, 2.75) is 261 Å². The summed E-state index contributed by atoms with van der Waals surface area (Å²) < 4.78 is 34.3. The fraction of sp³-hybridized carbons (Fsp3) is 0.754. The van der Waals surface area contributed by atoms with Gasteiger partial charge in [0.05, 0.1) is 26.4 Å². The van der Waals surface area contributed by atoms with E-state index in [1.807, 2.05) is 0 Å². The molecule has 0 spiro atoms. The first-order chi connectivity index (χ1) is 36.6. The number of carbonyl (C=O) groups is 1. The van der Waals surface area contributed by atoms with Crippen LogP contribution in [0.3, 0.4) is 0 Å². The average Bonchev–Trinajstić information content (AvgIpc) is 3.41. The van der Waals surface area contributed by atoms with Gasteiger partial charge in [-0.15, -0.1) is 0 Å². The number of hydrogen-bond acceptors (Lipinski definition) is 14. The number of unbranched alkanes of at least 4 members (excludes halogenated alkanes) is 18. The predicted molar refractivity (Wildman–Crippen MR) is 298 cm³/mol. The van der Waals surface area contributed by atoms with Crippen LogP contribution < -0.4 is 0 Å². The van der Waals surface area contributed by atoms with E-state index in [1.54, 1.807) is 0 Å². The molecule has 14 nitrogen and oxygen atoms in total. The third-order valence-electron chi connectivity index (χ3n) is 13.4. The normalized spacial score (nSPS) is 25.2. The van der Waals surface area contributed by atoms with Crippen molar-refractivity contribution >= 4 is 5.97 Å². The summed E-state index contributed by atoms with van der Waals surface area (Å²) in [5, 5.41) is 72.3. The van der Waals surface area contributed by atoms with Crippen molar-refractivity contribution in [3.8, 4) is 0 Å². The van der Waals surface area contributed by atoms with Gasteiger partial charge < -0.3 is 64.2 Å². The quantitative estimate of drug-likeness (QED) is 0.0172. The summed E-state index contributed by atoms with van der Waals surface area (Å²) in [6.07, 6.45) is 45.0. The second kappa shape index (κ2) is 47.2. The van der Waals surface area contributed by atoms with Crippen molar-refractivity contribution in [3.63, 3.8) is 0 Å². The molecule has 11 atom stereocenters. The predicted octanol–water partition coefficient (Wildman–Crippen LogP) is 10.4. The molecule has 2 saturated heterocycles. The van der Waals surface area contributed by atoms with E-state index in [-0.39, 0.29) is 19.6 Å². The second-order valence-electron chi connectivity index (χ2n) is 20.1. The van der Waals surface area contributed by atoms with E-state index < -0.39 is 86.7 Å². The maximum absolute atomic E-state index is 13.1. The van der Waals surface area contributed by atoms with E-state index >= 15 is 0 Å². The summed E-state index contributed by atoms with van der Waals surface area (Å²) in [5.41, 5.74) is 0. The van der Waals surface area contributed by atoms with Gasteiger partial charge in [0.2, 0.25) is 0 Å². The molecule has 0 aromatic heterocycles. The monoisotopic (exact) mass is 1060 g/mol. The van der Waals surface area contributed by atoms with Crippen LogP contribution in [0, 0.1) is 0 Å². The van der Waals surface area contributed by atoms with Crippen LogP contribution in [-0.4, -0.2) is 142 Å². The zero-order valence-corrected chi connectivity index (χ0v) is 46.3. The fourth-order valence-corrected chi connectivity index (χ4v) is 8.69. The molecule has 11 unspecified atom stereocenters. The van der Waals surface area contributed by atoms with Crippen molar-refractivity contribution in [1.82, 2.24) is 0 Å². The Kier molecular flexibility index (Phi) is 43.0. The molecule has 0 aliphatic carbocycles. The molecule has 14 heteroatoms. The highest BCUT2D eigenvalue weighted by Gasteiger charge is 2.47. The molecular formula is C61H104O14. The van der Waals surface area contributed by atoms with Crippen LogP contribution in [0.25, 0.3) is 0 Å². The number of allylic oxidation sites excluding steroid dienone is 14. The molecule has 7 N–H and O–H groups in total. The van der Waals surface area contributed by atoms with Crippen LogP contribution in [0.15, 0.2) is 85.1 Å². The van der Waals surface area contributed by atoms with Crippen LogP contribution in [0.2, 0.25) is 0 Å². The molecule has 0 saturated carbocycles. The van der Waals surface area contributed by atoms with Gasteiger partial charge in [-0.25, -0.2) is 0 Å². The van der Waals surface area contributed by atoms with Crippen molar-refractivity contribution in [1.29, 1.82) is 0 Å². The van der Waals surface area contributed by atoms with E-state index in [2.05, 4.69) is 98.9 Å². The molecule has 2 heterocycles. The number of rotatable bonds is 46. The number of ether oxygens (including phenoxy) is 6. The minimum absolute atomic E-state index is 0.0339. The summed E-state index contributed by atoms with van der Waals surface area (Å²) in [7, 11) is 0. The van der Waals surface area contributed by atoms with Gasteiger partial charge >= 0.3 is 5.97 Å². The Hall–Kier alpha value is -2.83. The zero-order chi connectivity index (χ0) is 54.4. The Bertz CT molecular complexity index is 1560. The molecule has 2 fully saturated rings. The number of esters is 1. The molecule has 0 amide bonds. The smallest absolute Gasteiger partial charge is 0.306 e. The Balaban J connectivity index is 1.72. The summed E-state index contributed by atoms with van der Waals surface area (Å²) in [5.74, 6) is -0.394. The van der Waals surface area contributed by atoms with Gasteiger partial charge in [0.15, 0.2) is 12.6 Å². The highest BCUT2D eigenvalue weighted by atomic mass is 16.7. The zero-order valence-electron chi connectivity index (χ0n) is 46.3. The highest BCUT2D eigenvalue weighted by Crippen LogP contribution is 2.26. The summed E-state index contributed by atoms with van der Waals surface area (Å²) >= 11 is 0.